The van der Waals surface area contributed by atoms with E-state index >= 15 is 0 Å². The summed E-state index contributed by atoms with van der Waals surface area (Å²) >= 11 is 0. The molecule has 0 aliphatic heterocycles. The Bertz CT molecular complexity index is 890. The predicted octanol–water partition coefficient (Wildman–Crippen LogP) is 6.39. The number of esters is 1. The molecule has 34 heavy (non-hydrogen) atoms. The number of carbonyl (C=O) groups excluding carboxylic acids is 3. The third-order valence-electron chi connectivity index (χ3n) is 5.99. The molecule has 0 aliphatic carbocycles. The molecule has 0 saturated carbocycles. The second kappa shape index (κ2) is 15.8. The number of ether oxygens (including phenoxy) is 1. The van der Waals surface area contributed by atoms with Crippen LogP contribution in [0.5, 0.6) is 5.88 Å². The molecule has 0 radical (unpaired) electrons. The smallest absolute Gasteiger partial charge is 0.344 e. The van der Waals surface area contributed by atoms with Crippen molar-refractivity contribution in [1.82, 2.24) is 9.97 Å². The first-order chi connectivity index (χ1) is 16.5. The van der Waals surface area contributed by atoms with E-state index in [1.807, 2.05) is 0 Å². The van der Waals surface area contributed by atoms with Crippen LogP contribution in [0.3, 0.4) is 0 Å². The molecule has 7 nitrogen and oxygen atoms in total. The van der Waals surface area contributed by atoms with Crippen molar-refractivity contribution in [2.75, 3.05) is 0 Å². The molecule has 2 aromatic rings. The summed E-state index contributed by atoms with van der Waals surface area (Å²) in [5.74, 6) is -1.54. The second-order valence-corrected chi connectivity index (χ2v) is 8.83. The number of benzene rings is 1. The van der Waals surface area contributed by atoms with Gasteiger partial charge in [0.2, 0.25) is 0 Å². The van der Waals surface area contributed by atoms with Crippen LogP contribution in [0.25, 0.3) is 0 Å². The zero-order valence-electron chi connectivity index (χ0n) is 20.4. The molecular formula is C27H39N3O4. The third kappa shape index (κ3) is 9.89. The number of ketones is 1. The van der Waals surface area contributed by atoms with Crippen molar-refractivity contribution in [2.45, 2.75) is 96.8 Å². The number of aromatic amines is 1. The first-order valence-electron chi connectivity index (χ1n) is 12.7. The number of hydrogen-bond acceptors (Lipinski definition) is 5. The lowest BCUT2D eigenvalue weighted by Gasteiger charge is -2.05. The summed E-state index contributed by atoms with van der Waals surface area (Å²) in [5.41, 5.74) is 5.96. The average Bonchev–Trinajstić information content (AvgIpc) is 3.30. The van der Waals surface area contributed by atoms with Crippen molar-refractivity contribution in [3.63, 3.8) is 0 Å². The molecule has 1 aromatic heterocycles. The topological polar surface area (TPSA) is 115 Å². The van der Waals surface area contributed by atoms with Gasteiger partial charge >= 0.3 is 5.97 Å². The molecule has 0 spiro atoms. The van der Waals surface area contributed by atoms with Crippen molar-refractivity contribution in [3.05, 3.63) is 47.4 Å². The standard InChI is InChI=1S/C27H39N3O4/c1-2-3-4-5-6-7-8-9-10-11-12-13-14-15-23(31)21-16-18-22(19-17-21)27(33)34-26-24(25(28)32)29-20-30-26/h16-20H,2-15H2,1H3,(H2,28,32)(H,29,30). The summed E-state index contributed by atoms with van der Waals surface area (Å²) in [4.78, 5) is 42.3. The van der Waals surface area contributed by atoms with Crippen molar-refractivity contribution in [3.8, 4) is 5.88 Å². The Hall–Kier alpha value is -2.96. The number of imidazole rings is 1. The summed E-state index contributed by atoms with van der Waals surface area (Å²) in [7, 11) is 0. The number of nitrogens with one attached hydrogen (secondary N) is 1. The van der Waals surface area contributed by atoms with Crippen molar-refractivity contribution >= 4 is 17.7 Å². The van der Waals surface area contributed by atoms with Crippen LogP contribution >= 0.6 is 0 Å². The van der Waals surface area contributed by atoms with Crippen LogP contribution in [0, 0.1) is 0 Å². The maximum Gasteiger partial charge on any atom is 0.344 e. The molecule has 7 heteroatoms. The zero-order valence-corrected chi connectivity index (χ0v) is 20.4. The van der Waals surface area contributed by atoms with Gasteiger partial charge in [0.05, 0.1) is 11.9 Å². The Labute approximate surface area is 202 Å². The van der Waals surface area contributed by atoms with E-state index in [-0.39, 0.29) is 22.9 Å². The lowest BCUT2D eigenvalue weighted by atomic mass is 10.0. The van der Waals surface area contributed by atoms with Crippen molar-refractivity contribution < 1.29 is 19.1 Å². The van der Waals surface area contributed by atoms with Crippen LogP contribution in [0.15, 0.2) is 30.6 Å². The van der Waals surface area contributed by atoms with E-state index in [2.05, 4.69) is 16.9 Å². The molecule has 0 fully saturated rings. The van der Waals surface area contributed by atoms with Crippen molar-refractivity contribution in [1.29, 1.82) is 0 Å². The van der Waals surface area contributed by atoms with Gasteiger partial charge in [0.1, 0.15) is 0 Å². The molecule has 1 amide bonds. The van der Waals surface area contributed by atoms with E-state index in [0.717, 1.165) is 12.8 Å². The number of aromatic nitrogens is 2. The number of Topliss-reactive ketones (excluding diaryl/α,β-unsaturated/α-hetero) is 1. The Morgan fingerprint density at radius 1 is 0.794 bits per heavy atom. The van der Waals surface area contributed by atoms with Gasteiger partial charge in [-0.15, -0.1) is 0 Å². The second-order valence-electron chi connectivity index (χ2n) is 8.83. The number of rotatable bonds is 18. The highest BCUT2D eigenvalue weighted by molar-refractivity contribution is 5.98. The van der Waals surface area contributed by atoms with E-state index in [0.29, 0.717) is 12.0 Å². The SMILES string of the molecule is CCCCCCCCCCCCCCCC(=O)c1ccc(C(=O)Oc2nc[nH]c2C(N)=O)cc1. The minimum absolute atomic E-state index is 0.0713. The highest BCUT2D eigenvalue weighted by atomic mass is 16.5. The third-order valence-corrected chi connectivity index (χ3v) is 5.99. The van der Waals surface area contributed by atoms with E-state index in [1.54, 1.807) is 12.1 Å². The van der Waals surface area contributed by atoms with Crippen LogP contribution in [0.2, 0.25) is 0 Å². The number of unbranched alkanes of at least 4 members (excludes halogenated alkanes) is 12. The minimum atomic E-state index is -0.769. The fourth-order valence-electron chi connectivity index (χ4n) is 3.92. The monoisotopic (exact) mass is 469 g/mol. The number of nitrogens with zero attached hydrogens (tertiary/aromatic N) is 1. The maximum atomic E-state index is 12.4. The average molecular weight is 470 g/mol. The summed E-state index contributed by atoms with van der Waals surface area (Å²) in [6.07, 6.45) is 18.3. The number of H-pyrrole nitrogens is 1. The number of nitrogens with two attached hydrogens (primary N) is 1. The summed E-state index contributed by atoms with van der Waals surface area (Å²) < 4.78 is 5.12. The highest BCUT2D eigenvalue weighted by Crippen LogP contribution is 2.17. The van der Waals surface area contributed by atoms with Crippen LogP contribution in [0.4, 0.5) is 0 Å². The predicted molar refractivity (Wildman–Crippen MR) is 133 cm³/mol. The molecule has 0 atom stereocenters. The van der Waals surface area contributed by atoms with Gasteiger partial charge in [-0.05, 0) is 18.6 Å². The van der Waals surface area contributed by atoms with Crippen LogP contribution in [0.1, 0.15) is 128 Å². The van der Waals surface area contributed by atoms with Gasteiger partial charge in [-0.2, -0.15) is 0 Å². The fourth-order valence-corrected chi connectivity index (χ4v) is 3.92. The maximum absolute atomic E-state index is 12.4. The quantitative estimate of drug-likeness (QED) is 0.149. The fraction of sp³-hybridized carbons (Fsp3) is 0.556. The molecule has 1 heterocycles. The Morgan fingerprint density at radius 2 is 1.29 bits per heavy atom. The van der Waals surface area contributed by atoms with Crippen LogP contribution in [-0.4, -0.2) is 27.6 Å². The molecule has 3 N–H and O–H groups in total. The molecule has 0 unspecified atom stereocenters. The molecule has 2 rings (SSSR count). The number of carbonyl (C=O) groups is 3. The number of primary amides is 1. The number of hydrogen-bond donors (Lipinski definition) is 2. The zero-order chi connectivity index (χ0) is 24.6. The van der Waals surface area contributed by atoms with Gasteiger partial charge in [0.25, 0.3) is 11.8 Å². The van der Waals surface area contributed by atoms with Crippen molar-refractivity contribution in [2.24, 2.45) is 5.73 Å². The van der Waals surface area contributed by atoms with Gasteiger partial charge in [0.15, 0.2) is 11.5 Å². The summed E-state index contributed by atoms with van der Waals surface area (Å²) in [6.45, 7) is 2.25. The normalized spacial score (nSPS) is 10.9. The van der Waals surface area contributed by atoms with Gasteiger partial charge in [-0.25, -0.2) is 9.78 Å². The summed E-state index contributed by atoms with van der Waals surface area (Å²) in [6, 6.07) is 6.33. The van der Waals surface area contributed by atoms with Crippen LogP contribution < -0.4 is 10.5 Å². The first-order valence-corrected chi connectivity index (χ1v) is 12.7. The minimum Gasteiger partial charge on any atom is -0.401 e. The Morgan fingerprint density at radius 3 is 1.82 bits per heavy atom. The molecule has 0 aliphatic rings. The van der Waals surface area contributed by atoms with Gasteiger partial charge in [-0.3, -0.25) is 9.59 Å². The van der Waals surface area contributed by atoms with Gasteiger partial charge in [0, 0.05) is 12.0 Å². The molecule has 0 saturated heterocycles. The Balaban J connectivity index is 1.58. The molecule has 186 valence electrons. The first kappa shape index (κ1) is 27.3. The number of amides is 1. The lowest BCUT2D eigenvalue weighted by molar-refractivity contribution is 0.0725. The largest absolute Gasteiger partial charge is 0.401 e. The van der Waals surface area contributed by atoms with Gasteiger partial charge < -0.3 is 15.5 Å². The summed E-state index contributed by atoms with van der Waals surface area (Å²) in [5, 5.41) is 0. The van der Waals surface area contributed by atoms with Gasteiger partial charge in [-0.1, -0.05) is 96.1 Å². The Kier molecular flexibility index (Phi) is 12.7. The molecule has 0 bridgehead atoms. The van der Waals surface area contributed by atoms with E-state index in [4.69, 9.17) is 10.5 Å². The highest BCUT2D eigenvalue weighted by Gasteiger charge is 2.17. The molecular weight excluding hydrogens is 430 g/mol. The van der Waals surface area contributed by atoms with E-state index in [1.165, 1.54) is 89.1 Å². The molecule has 1 aromatic carbocycles. The van der Waals surface area contributed by atoms with E-state index < -0.39 is 11.9 Å². The van der Waals surface area contributed by atoms with E-state index in [9.17, 15) is 14.4 Å². The lowest BCUT2D eigenvalue weighted by Crippen LogP contribution is -2.16. The van der Waals surface area contributed by atoms with Crippen LogP contribution in [-0.2, 0) is 0 Å².